The van der Waals surface area contributed by atoms with E-state index in [0.29, 0.717) is 0 Å². The summed E-state index contributed by atoms with van der Waals surface area (Å²) in [7, 11) is 2.86. The van der Waals surface area contributed by atoms with Gasteiger partial charge in [-0.3, -0.25) is 0 Å². The molecule has 0 aromatic carbocycles. The van der Waals surface area contributed by atoms with Crippen molar-refractivity contribution in [1.82, 2.24) is 20.6 Å². The van der Waals surface area contributed by atoms with Gasteiger partial charge in [0.25, 0.3) is 0 Å². The molecule has 2 heterocycles. The van der Waals surface area contributed by atoms with Crippen molar-refractivity contribution in [1.29, 1.82) is 0 Å². The standard InChI is InChI=1S/C9H12N4O6/c1-5(17-9-7(15-3)11-19-13-9)4-16-8-6(14-2)10-18-12-8/h5H,4H2,1-3H3/t5-/m1/s1. The maximum atomic E-state index is 5.41. The van der Waals surface area contributed by atoms with E-state index in [1.807, 2.05) is 0 Å². The van der Waals surface area contributed by atoms with E-state index in [2.05, 4.69) is 29.9 Å². The first-order chi connectivity index (χ1) is 9.24. The van der Waals surface area contributed by atoms with Crippen LogP contribution in [-0.2, 0) is 0 Å². The van der Waals surface area contributed by atoms with Gasteiger partial charge in [-0.05, 0) is 27.6 Å². The molecule has 0 bridgehead atoms. The molecule has 0 radical (unpaired) electrons. The number of ether oxygens (including phenoxy) is 4. The van der Waals surface area contributed by atoms with Gasteiger partial charge in [0, 0.05) is 0 Å². The molecule has 2 rings (SSSR count). The Hall–Kier alpha value is -2.52. The van der Waals surface area contributed by atoms with Crippen molar-refractivity contribution in [2.45, 2.75) is 13.0 Å². The maximum absolute atomic E-state index is 5.41. The van der Waals surface area contributed by atoms with Gasteiger partial charge in [0.1, 0.15) is 12.7 Å². The van der Waals surface area contributed by atoms with Crippen LogP contribution in [0, 0.1) is 0 Å². The highest BCUT2D eigenvalue weighted by Crippen LogP contribution is 2.23. The predicted molar refractivity (Wildman–Crippen MR) is 57.3 cm³/mol. The third-order valence-electron chi connectivity index (χ3n) is 2.02. The minimum absolute atomic E-state index is 0.142. The predicted octanol–water partition coefficient (Wildman–Crippen LogP) is 0.316. The van der Waals surface area contributed by atoms with Gasteiger partial charge in [-0.2, -0.15) is 0 Å². The van der Waals surface area contributed by atoms with Crippen LogP contribution in [0.5, 0.6) is 23.5 Å². The summed E-state index contributed by atoms with van der Waals surface area (Å²) in [6.45, 7) is 1.93. The first kappa shape index (κ1) is 12.9. The zero-order valence-corrected chi connectivity index (χ0v) is 10.5. The van der Waals surface area contributed by atoms with Crippen molar-refractivity contribution < 1.29 is 28.2 Å². The van der Waals surface area contributed by atoms with Crippen molar-refractivity contribution in [3.05, 3.63) is 0 Å². The smallest absolute Gasteiger partial charge is 0.320 e. The molecule has 0 aliphatic carbocycles. The summed E-state index contributed by atoms with van der Waals surface area (Å²) in [5, 5.41) is 14.1. The topological polar surface area (TPSA) is 115 Å². The van der Waals surface area contributed by atoms with Gasteiger partial charge in [0.15, 0.2) is 0 Å². The van der Waals surface area contributed by atoms with E-state index < -0.39 is 0 Å². The van der Waals surface area contributed by atoms with Crippen LogP contribution < -0.4 is 18.9 Å². The van der Waals surface area contributed by atoms with Gasteiger partial charge in [-0.1, -0.05) is 0 Å². The summed E-state index contributed by atoms with van der Waals surface area (Å²) in [6.07, 6.45) is -0.359. The van der Waals surface area contributed by atoms with Gasteiger partial charge in [0.2, 0.25) is 0 Å². The fraction of sp³-hybridized carbons (Fsp3) is 0.556. The summed E-state index contributed by atoms with van der Waals surface area (Å²) in [5.74, 6) is 0.604. The number of methoxy groups -OCH3 is 2. The largest absolute Gasteiger partial charge is 0.475 e. The van der Waals surface area contributed by atoms with E-state index in [4.69, 9.17) is 18.9 Å². The SMILES string of the molecule is COc1nonc1OC[C@@H](C)Oc1nonc1OC. The van der Waals surface area contributed by atoms with E-state index in [1.54, 1.807) is 6.92 Å². The number of nitrogens with zero attached hydrogens (tertiary/aromatic N) is 4. The third-order valence-corrected chi connectivity index (χ3v) is 2.02. The second-order valence-electron chi connectivity index (χ2n) is 3.40. The minimum atomic E-state index is -0.359. The van der Waals surface area contributed by atoms with Crippen LogP contribution in [0.25, 0.3) is 0 Å². The lowest BCUT2D eigenvalue weighted by Gasteiger charge is -2.12. The zero-order valence-electron chi connectivity index (χ0n) is 10.5. The maximum Gasteiger partial charge on any atom is 0.320 e. The van der Waals surface area contributed by atoms with Crippen LogP contribution in [0.4, 0.5) is 0 Å². The first-order valence-corrected chi connectivity index (χ1v) is 5.27. The normalized spacial score (nSPS) is 11.9. The summed E-state index contributed by atoms with van der Waals surface area (Å²) in [4.78, 5) is 0. The Kier molecular flexibility index (Phi) is 4.00. The third kappa shape index (κ3) is 3.03. The molecule has 2 aromatic rings. The van der Waals surface area contributed by atoms with Gasteiger partial charge in [-0.15, -0.1) is 0 Å². The van der Waals surface area contributed by atoms with Gasteiger partial charge < -0.3 is 18.9 Å². The lowest BCUT2D eigenvalue weighted by atomic mass is 10.4. The molecule has 10 heteroatoms. The monoisotopic (exact) mass is 272 g/mol. The van der Waals surface area contributed by atoms with Crippen LogP contribution in [0.1, 0.15) is 6.92 Å². The van der Waals surface area contributed by atoms with Crippen molar-refractivity contribution in [2.75, 3.05) is 20.8 Å². The van der Waals surface area contributed by atoms with Crippen LogP contribution >= 0.6 is 0 Å². The second kappa shape index (κ2) is 5.89. The Balaban J connectivity index is 1.86. The molecule has 0 N–H and O–H groups in total. The molecule has 0 aliphatic heterocycles. The molecule has 2 aromatic heterocycles. The van der Waals surface area contributed by atoms with Crippen LogP contribution in [0.3, 0.4) is 0 Å². The van der Waals surface area contributed by atoms with Crippen molar-refractivity contribution >= 4 is 0 Å². The van der Waals surface area contributed by atoms with Crippen molar-refractivity contribution in [3.63, 3.8) is 0 Å². The molecule has 1 atom stereocenters. The summed E-state index contributed by atoms with van der Waals surface area (Å²) < 4.78 is 29.4. The fourth-order valence-electron chi connectivity index (χ4n) is 1.18. The van der Waals surface area contributed by atoms with E-state index in [9.17, 15) is 0 Å². The molecule has 0 spiro atoms. The fourth-order valence-corrected chi connectivity index (χ4v) is 1.18. The van der Waals surface area contributed by atoms with E-state index in [1.165, 1.54) is 14.2 Å². The molecule has 10 nitrogen and oxygen atoms in total. The Labute approximate surface area is 107 Å². The lowest BCUT2D eigenvalue weighted by molar-refractivity contribution is 0.122. The van der Waals surface area contributed by atoms with E-state index in [0.717, 1.165) is 0 Å². The van der Waals surface area contributed by atoms with Gasteiger partial charge >= 0.3 is 23.5 Å². The Bertz CT molecular complexity index is 512. The highest BCUT2D eigenvalue weighted by atomic mass is 16.7. The number of aromatic nitrogens is 4. The average molecular weight is 272 g/mol. The first-order valence-electron chi connectivity index (χ1n) is 5.27. The summed E-state index contributed by atoms with van der Waals surface area (Å²) in [5.41, 5.74) is 0. The number of hydrogen-bond donors (Lipinski definition) is 0. The highest BCUT2D eigenvalue weighted by molar-refractivity contribution is 5.22. The van der Waals surface area contributed by atoms with Crippen molar-refractivity contribution in [3.8, 4) is 23.5 Å². The summed E-state index contributed by atoms with van der Waals surface area (Å²) in [6, 6.07) is 0. The molecule has 0 amide bonds. The van der Waals surface area contributed by atoms with Gasteiger partial charge in [-0.25, -0.2) is 9.26 Å². The lowest BCUT2D eigenvalue weighted by Crippen LogP contribution is -2.21. The molecule has 0 unspecified atom stereocenters. The summed E-state index contributed by atoms with van der Waals surface area (Å²) >= 11 is 0. The van der Waals surface area contributed by atoms with Crippen molar-refractivity contribution in [2.24, 2.45) is 0 Å². The molecule has 0 saturated heterocycles. The molecule has 0 aliphatic rings. The minimum Gasteiger partial charge on any atom is -0.475 e. The Morgan fingerprint density at radius 3 is 2.05 bits per heavy atom. The highest BCUT2D eigenvalue weighted by Gasteiger charge is 2.18. The molecule has 0 saturated carbocycles. The van der Waals surface area contributed by atoms with Crippen LogP contribution in [0.2, 0.25) is 0 Å². The zero-order chi connectivity index (χ0) is 13.7. The molecule has 19 heavy (non-hydrogen) atoms. The number of rotatable bonds is 7. The molecular weight excluding hydrogens is 260 g/mol. The van der Waals surface area contributed by atoms with Gasteiger partial charge in [0.05, 0.1) is 14.2 Å². The van der Waals surface area contributed by atoms with E-state index >= 15 is 0 Å². The molecular formula is C9H12N4O6. The van der Waals surface area contributed by atoms with Crippen LogP contribution in [-0.4, -0.2) is 47.6 Å². The Morgan fingerprint density at radius 2 is 1.42 bits per heavy atom. The molecule has 104 valence electrons. The average Bonchev–Trinajstić information content (AvgIpc) is 3.04. The van der Waals surface area contributed by atoms with Crippen LogP contribution in [0.15, 0.2) is 9.26 Å². The Morgan fingerprint density at radius 1 is 0.895 bits per heavy atom. The quantitative estimate of drug-likeness (QED) is 0.697. The number of hydrogen-bond acceptors (Lipinski definition) is 10. The molecule has 0 fully saturated rings. The second-order valence-corrected chi connectivity index (χ2v) is 3.40. The van der Waals surface area contributed by atoms with E-state index in [-0.39, 0.29) is 36.2 Å².